The Hall–Kier alpha value is 1.48. The molecule has 1 aliphatic carbocycles. The summed E-state index contributed by atoms with van der Waals surface area (Å²) in [7, 11) is 0. The summed E-state index contributed by atoms with van der Waals surface area (Å²) in [6.45, 7) is 5.85. The molecule has 0 amide bonds. The first kappa shape index (κ1) is 19.5. The van der Waals surface area contributed by atoms with Gasteiger partial charge in [-0.1, -0.05) is 19.3 Å². The van der Waals surface area contributed by atoms with Crippen LogP contribution in [0.4, 0.5) is 0 Å². The monoisotopic (exact) mass is 308 g/mol. The van der Waals surface area contributed by atoms with Crippen molar-refractivity contribution in [2.45, 2.75) is 57.2 Å². The van der Waals surface area contributed by atoms with Crippen LogP contribution in [0.3, 0.4) is 0 Å². The van der Waals surface area contributed by atoms with Gasteiger partial charge in [0.2, 0.25) is 0 Å². The number of aliphatic hydroxyl groups excluding tert-OH is 1. The molecule has 20 heavy (non-hydrogen) atoms. The van der Waals surface area contributed by atoms with Crippen molar-refractivity contribution in [1.82, 2.24) is 10.2 Å². The number of piperidine rings is 2. The van der Waals surface area contributed by atoms with Crippen LogP contribution < -0.4 is 61.8 Å². The molecule has 0 radical (unpaired) electrons. The molecule has 0 spiro atoms. The summed E-state index contributed by atoms with van der Waals surface area (Å²) in [6.07, 6.45) is 7.44. The summed E-state index contributed by atoms with van der Waals surface area (Å²) in [4.78, 5) is 2.53. The molecule has 2 heterocycles. The van der Waals surface area contributed by atoms with E-state index >= 15 is 0 Å². The molecule has 3 fully saturated rings. The van der Waals surface area contributed by atoms with E-state index in [0.717, 1.165) is 44.7 Å². The fourth-order valence-corrected chi connectivity index (χ4v) is 2.90. The minimum absolute atomic E-state index is 0. The van der Waals surface area contributed by atoms with E-state index < -0.39 is 0 Å². The predicted molar refractivity (Wildman–Crippen MR) is 74.9 cm³/mol. The quantitative estimate of drug-likeness (QED) is 0.547. The molecule has 112 valence electrons. The third kappa shape index (κ3) is 7.65. The van der Waals surface area contributed by atoms with Crippen LogP contribution in [-0.4, -0.2) is 54.9 Å². The van der Waals surface area contributed by atoms with Gasteiger partial charge in [-0.3, -0.25) is 0 Å². The number of hydrogen-bond donors (Lipinski definition) is 2. The first-order valence-electron chi connectivity index (χ1n) is 8.01. The Morgan fingerprint density at radius 3 is 2.00 bits per heavy atom. The van der Waals surface area contributed by atoms with Crippen molar-refractivity contribution in [2.24, 2.45) is 5.92 Å². The van der Waals surface area contributed by atoms with E-state index in [1.807, 2.05) is 0 Å². The number of nitrogens with zero attached hydrogens (tertiary/aromatic N) is 1. The van der Waals surface area contributed by atoms with Gasteiger partial charge in [0.15, 0.2) is 0 Å². The van der Waals surface area contributed by atoms with Crippen LogP contribution >= 0.6 is 0 Å². The predicted octanol–water partition coefficient (Wildman–Crippen LogP) is -2.65. The van der Waals surface area contributed by atoms with Gasteiger partial charge in [0.25, 0.3) is 0 Å². The Labute approximate surface area is 166 Å². The molecule has 0 atom stereocenters. The molecule has 0 unspecified atom stereocenters. The average Bonchev–Trinajstić information content (AvgIpc) is 2.41. The van der Waals surface area contributed by atoms with Gasteiger partial charge in [-0.05, 0) is 44.7 Å². The molecule has 4 nitrogen and oxygen atoms in total. The summed E-state index contributed by atoms with van der Waals surface area (Å²) in [5.41, 5.74) is 0. The topological polar surface area (TPSA) is 58.6 Å². The van der Waals surface area contributed by atoms with Crippen LogP contribution in [-0.2, 0) is 0 Å². The second-order valence-corrected chi connectivity index (χ2v) is 6.28. The standard InChI is InChI=1S/C11H22N2O.C4H7O.K/c14-11-3-7-13(8-4-11)9-10-1-5-12-6-2-10;5-4-2-1-3-4;/h10-12,14H,1-9H2;4H,1-3H2;/q;-1;+1. The van der Waals surface area contributed by atoms with Gasteiger partial charge in [-0.15, -0.1) is 6.10 Å². The second kappa shape index (κ2) is 11.1. The summed E-state index contributed by atoms with van der Waals surface area (Å²) < 4.78 is 0. The molecule has 0 aromatic heterocycles. The van der Waals surface area contributed by atoms with Crippen LogP contribution in [0.5, 0.6) is 0 Å². The molecule has 2 saturated heterocycles. The molecule has 3 rings (SSSR count). The van der Waals surface area contributed by atoms with Gasteiger partial charge in [0.05, 0.1) is 6.10 Å². The summed E-state index contributed by atoms with van der Waals surface area (Å²) in [6, 6.07) is 0. The Morgan fingerprint density at radius 1 is 1.00 bits per heavy atom. The molecule has 2 aliphatic heterocycles. The Morgan fingerprint density at radius 2 is 1.55 bits per heavy atom. The van der Waals surface area contributed by atoms with Crippen molar-refractivity contribution < 1.29 is 61.6 Å². The van der Waals surface area contributed by atoms with Crippen LogP contribution in [0.25, 0.3) is 0 Å². The Kier molecular flexibility index (Phi) is 10.8. The second-order valence-electron chi connectivity index (χ2n) is 6.28. The first-order valence-corrected chi connectivity index (χ1v) is 8.01. The van der Waals surface area contributed by atoms with Crippen molar-refractivity contribution in [1.29, 1.82) is 0 Å². The van der Waals surface area contributed by atoms with Gasteiger partial charge >= 0.3 is 51.4 Å². The van der Waals surface area contributed by atoms with Gasteiger partial charge in [-0.25, -0.2) is 0 Å². The zero-order valence-corrected chi connectivity index (χ0v) is 16.1. The van der Waals surface area contributed by atoms with E-state index in [1.54, 1.807) is 0 Å². The van der Waals surface area contributed by atoms with Gasteiger partial charge in [-0.2, -0.15) is 0 Å². The van der Waals surface area contributed by atoms with Crippen LogP contribution in [0.15, 0.2) is 0 Å². The van der Waals surface area contributed by atoms with Crippen molar-refractivity contribution in [2.75, 3.05) is 32.7 Å². The molecular formula is C15H29KN2O2. The van der Waals surface area contributed by atoms with Gasteiger partial charge in [0, 0.05) is 19.6 Å². The zero-order chi connectivity index (χ0) is 13.5. The number of hydrogen-bond acceptors (Lipinski definition) is 4. The van der Waals surface area contributed by atoms with Crippen molar-refractivity contribution in [3.63, 3.8) is 0 Å². The average molecular weight is 309 g/mol. The van der Waals surface area contributed by atoms with E-state index in [0.29, 0.717) is 0 Å². The number of nitrogens with one attached hydrogen (secondary N) is 1. The molecule has 3 aliphatic rings. The zero-order valence-electron chi connectivity index (χ0n) is 13.0. The van der Waals surface area contributed by atoms with Crippen LogP contribution in [0.1, 0.15) is 44.9 Å². The largest absolute Gasteiger partial charge is 1.00 e. The normalized spacial score (nSPS) is 26.1. The minimum atomic E-state index is -0.185. The molecule has 2 N–H and O–H groups in total. The van der Waals surface area contributed by atoms with Crippen molar-refractivity contribution >= 4 is 0 Å². The van der Waals surface area contributed by atoms with Crippen molar-refractivity contribution in [3.8, 4) is 0 Å². The third-order valence-corrected chi connectivity index (χ3v) is 4.58. The fraction of sp³-hybridized carbons (Fsp3) is 1.00. The van der Waals surface area contributed by atoms with Crippen molar-refractivity contribution in [3.05, 3.63) is 0 Å². The summed E-state index contributed by atoms with van der Waals surface area (Å²) in [5.74, 6) is 0.895. The maximum atomic E-state index is 9.98. The van der Waals surface area contributed by atoms with E-state index in [1.165, 1.54) is 38.9 Å². The smallest absolute Gasteiger partial charge is 0.852 e. The molecule has 0 bridgehead atoms. The number of aliphatic hydroxyl groups is 1. The van der Waals surface area contributed by atoms with E-state index in [9.17, 15) is 10.2 Å². The van der Waals surface area contributed by atoms with Gasteiger partial charge < -0.3 is 20.4 Å². The van der Waals surface area contributed by atoms with E-state index in [2.05, 4.69) is 10.2 Å². The molecule has 1 saturated carbocycles. The minimum Gasteiger partial charge on any atom is -0.852 e. The fourth-order valence-electron chi connectivity index (χ4n) is 2.90. The first-order chi connectivity index (χ1) is 9.24. The van der Waals surface area contributed by atoms with E-state index in [4.69, 9.17) is 0 Å². The van der Waals surface area contributed by atoms with E-state index in [-0.39, 0.29) is 63.6 Å². The molecular weight excluding hydrogens is 279 g/mol. The summed E-state index contributed by atoms with van der Waals surface area (Å²) in [5, 5.41) is 22.8. The maximum Gasteiger partial charge on any atom is 1.00 e. The number of likely N-dealkylation sites (tertiary alicyclic amines) is 1. The Balaban J connectivity index is 0.000000283. The molecule has 5 heteroatoms. The van der Waals surface area contributed by atoms with Crippen LogP contribution in [0, 0.1) is 5.92 Å². The van der Waals surface area contributed by atoms with Crippen LogP contribution in [0.2, 0.25) is 0 Å². The maximum absolute atomic E-state index is 9.98. The molecule has 0 aromatic carbocycles. The SMILES string of the molecule is OC1CCN(CC2CCNCC2)CC1.[K+].[O-]C1CCC1. The molecule has 0 aromatic rings. The number of rotatable bonds is 2. The Bertz CT molecular complexity index is 238. The van der Waals surface area contributed by atoms with Gasteiger partial charge in [0.1, 0.15) is 0 Å². The third-order valence-electron chi connectivity index (χ3n) is 4.58. The summed E-state index contributed by atoms with van der Waals surface area (Å²) >= 11 is 0.